The Morgan fingerprint density at radius 3 is 3.10 bits per heavy atom. The first-order valence-electron chi connectivity index (χ1n) is 6.66. The highest BCUT2D eigenvalue weighted by atomic mass is 35.5. The van der Waals surface area contributed by atoms with Gasteiger partial charge < -0.3 is 14.6 Å². The van der Waals surface area contributed by atoms with Crippen LogP contribution in [0.5, 0.6) is 5.75 Å². The molecule has 1 aromatic carbocycles. The standard InChI is InChI=1S/C14H16ClN3O2/c1-19-12-5-4-10(15)7-11(12)13-17-14(20-18-13)9-3-2-6-16-8-9/h4-5,7,9,16H,2-3,6,8H2,1H3/t9-/m0/s1. The molecule has 1 aliphatic rings. The number of hydrogen-bond acceptors (Lipinski definition) is 5. The SMILES string of the molecule is COc1ccc(Cl)cc1-c1noc([C@H]2CCCNC2)n1. The molecule has 2 aromatic rings. The quantitative estimate of drug-likeness (QED) is 0.943. The molecule has 0 radical (unpaired) electrons. The van der Waals surface area contributed by atoms with Crippen molar-refractivity contribution in [1.82, 2.24) is 15.5 Å². The van der Waals surface area contributed by atoms with Gasteiger partial charge in [0.1, 0.15) is 5.75 Å². The first-order chi connectivity index (χ1) is 9.78. The van der Waals surface area contributed by atoms with Crippen molar-refractivity contribution in [3.8, 4) is 17.1 Å². The minimum Gasteiger partial charge on any atom is -0.496 e. The molecule has 3 rings (SSSR count). The number of benzene rings is 1. The molecule has 1 atom stereocenters. The molecule has 1 N–H and O–H groups in total. The maximum Gasteiger partial charge on any atom is 0.231 e. The van der Waals surface area contributed by atoms with Crippen LogP contribution >= 0.6 is 11.6 Å². The van der Waals surface area contributed by atoms with E-state index in [1.54, 1.807) is 25.3 Å². The van der Waals surface area contributed by atoms with Gasteiger partial charge in [0, 0.05) is 11.6 Å². The number of nitrogens with one attached hydrogen (secondary N) is 1. The number of aromatic nitrogens is 2. The van der Waals surface area contributed by atoms with Crippen LogP contribution in [0, 0.1) is 0 Å². The largest absolute Gasteiger partial charge is 0.496 e. The van der Waals surface area contributed by atoms with Crippen LogP contribution in [0.15, 0.2) is 22.7 Å². The highest BCUT2D eigenvalue weighted by molar-refractivity contribution is 6.30. The molecule has 0 bridgehead atoms. The van der Waals surface area contributed by atoms with E-state index >= 15 is 0 Å². The molecule has 20 heavy (non-hydrogen) atoms. The van der Waals surface area contributed by atoms with Crippen LogP contribution in [0.2, 0.25) is 5.02 Å². The normalized spacial score (nSPS) is 19.0. The molecule has 2 heterocycles. The van der Waals surface area contributed by atoms with E-state index < -0.39 is 0 Å². The Balaban J connectivity index is 1.91. The van der Waals surface area contributed by atoms with Gasteiger partial charge in [-0.3, -0.25) is 0 Å². The van der Waals surface area contributed by atoms with Gasteiger partial charge in [-0.05, 0) is 37.6 Å². The summed E-state index contributed by atoms with van der Waals surface area (Å²) in [6.45, 7) is 1.94. The third-order valence-electron chi connectivity index (χ3n) is 3.49. The lowest BCUT2D eigenvalue weighted by atomic mass is 10.00. The highest BCUT2D eigenvalue weighted by Crippen LogP contribution is 2.32. The summed E-state index contributed by atoms with van der Waals surface area (Å²) in [6, 6.07) is 5.36. The highest BCUT2D eigenvalue weighted by Gasteiger charge is 2.22. The molecule has 1 aromatic heterocycles. The van der Waals surface area contributed by atoms with Gasteiger partial charge in [0.15, 0.2) is 0 Å². The minimum atomic E-state index is 0.287. The van der Waals surface area contributed by atoms with Crippen LogP contribution in [0.3, 0.4) is 0 Å². The molecule has 1 fully saturated rings. The zero-order valence-corrected chi connectivity index (χ0v) is 12.0. The topological polar surface area (TPSA) is 60.2 Å². The van der Waals surface area contributed by atoms with E-state index in [1.807, 2.05) is 0 Å². The van der Waals surface area contributed by atoms with Crippen LogP contribution in [-0.4, -0.2) is 30.3 Å². The summed E-state index contributed by atoms with van der Waals surface area (Å²) in [5, 5.41) is 8.02. The second kappa shape index (κ2) is 5.81. The van der Waals surface area contributed by atoms with Crippen molar-refractivity contribution in [2.45, 2.75) is 18.8 Å². The number of halogens is 1. The smallest absolute Gasteiger partial charge is 0.231 e. The van der Waals surface area contributed by atoms with E-state index in [4.69, 9.17) is 20.9 Å². The number of hydrogen-bond donors (Lipinski definition) is 1. The van der Waals surface area contributed by atoms with Crippen LogP contribution in [-0.2, 0) is 0 Å². The molecule has 0 unspecified atom stereocenters. The number of ether oxygens (including phenoxy) is 1. The predicted molar refractivity (Wildman–Crippen MR) is 76.1 cm³/mol. The molecule has 1 saturated heterocycles. The average Bonchev–Trinajstić information content (AvgIpc) is 2.98. The first kappa shape index (κ1) is 13.4. The average molecular weight is 294 g/mol. The number of rotatable bonds is 3. The van der Waals surface area contributed by atoms with Gasteiger partial charge in [-0.2, -0.15) is 4.98 Å². The zero-order valence-electron chi connectivity index (χ0n) is 11.2. The van der Waals surface area contributed by atoms with Crippen LogP contribution in [0.4, 0.5) is 0 Å². The maximum absolute atomic E-state index is 6.03. The lowest BCUT2D eigenvalue weighted by molar-refractivity contribution is 0.322. The molecule has 6 heteroatoms. The summed E-state index contributed by atoms with van der Waals surface area (Å²) in [4.78, 5) is 4.50. The van der Waals surface area contributed by atoms with Crippen molar-refractivity contribution >= 4 is 11.6 Å². The molecular formula is C14H16ClN3O2. The minimum absolute atomic E-state index is 0.287. The lowest BCUT2D eigenvalue weighted by Crippen LogP contribution is -2.28. The van der Waals surface area contributed by atoms with Crippen molar-refractivity contribution < 1.29 is 9.26 Å². The van der Waals surface area contributed by atoms with Crippen molar-refractivity contribution in [3.63, 3.8) is 0 Å². The first-order valence-corrected chi connectivity index (χ1v) is 7.04. The van der Waals surface area contributed by atoms with Gasteiger partial charge >= 0.3 is 0 Å². The fourth-order valence-corrected chi connectivity index (χ4v) is 2.60. The number of nitrogens with zero attached hydrogens (tertiary/aromatic N) is 2. The van der Waals surface area contributed by atoms with Gasteiger partial charge in [-0.15, -0.1) is 0 Å². The summed E-state index contributed by atoms with van der Waals surface area (Å²) in [5.74, 6) is 2.16. The predicted octanol–water partition coefficient (Wildman–Crippen LogP) is 2.87. The monoisotopic (exact) mass is 293 g/mol. The number of piperidine rings is 1. The fraction of sp³-hybridized carbons (Fsp3) is 0.429. The summed E-state index contributed by atoms with van der Waals surface area (Å²) >= 11 is 6.03. The summed E-state index contributed by atoms with van der Waals surface area (Å²) < 4.78 is 10.7. The van der Waals surface area contributed by atoms with Gasteiger partial charge in [-0.25, -0.2) is 0 Å². The molecule has 1 aliphatic heterocycles. The molecule has 5 nitrogen and oxygen atoms in total. The molecule has 0 aliphatic carbocycles. The van der Waals surface area contributed by atoms with Gasteiger partial charge in [0.25, 0.3) is 0 Å². The van der Waals surface area contributed by atoms with E-state index in [2.05, 4.69) is 15.5 Å². The van der Waals surface area contributed by atoms with E-state index in [0.717, 1.165) is 31.5 Å². The summed E-state index contributed by atoms with van der Waals surface area (Å²) in [6.07, 6.45) is 2.20. The Hall–Kier alpha value is -1.59. The van der Waals surface area contributed by atoms with E-state index in [1.165, 1.54) is 0 Å². The third-order valence-corrected chi connectivity index (χ3v) is 3.73. The second-order valence-electron chi connectivity index (χ2n) is 4.84. The lowest BCUT2D eigenvalue weighted by Gasteiger charge is -2.18. The Labute approximate surface area is 122 Å². The Morgan fingerprint density at radius 1 is 1.45 bits per heavy atom. The van der Waals surface area contributed by atoms with Gasteiger partial charge in [-0.1, -0.05) is 16.8 Å². The van der Waals surface area contributed by atoms with Crippen molar-refractivity contribution in [1.29, 1.82) is 0 Å². The molecule has 0 spiro atoms. The Kier molecular flexibility index (Phi) is 3.89. The number of methoxy groups -OCH3 is 1. The van der Waals surface area contributed by atoms with Crippen LogP contribution < -0.4 is 10.1 Å². The Bertz CT molecular complexity index is 594. The van der Waals surface area contributed by atoms with Crippen LogP contribution in [0.1, 0.15) is 24.7 Å². The van der Waals surface area contributed by atoms with Gasteiger partial charge in [0.05, 0.1) is 18.6 Å². The van der Waals surface area contributed by atoms with Crippen LogP contribution in [0.25, 0.3) is 11.4 Å². The van der Waals surface area contributed by atoms with Gasteiger partial charge in [0.2, 0.25) is 11.7 Å². The second-order valence-corrected chi connectivity index (χ2v) is 5.28. The van der Waals surface area contributed by atoms with Crippen molar-refractivity contribution in [2.75, 3.05) is 20.2 Å². The molecule has 0 saturated carbocycles. The Morgan fingerprint density at radius 2 is 2.35 bits per heavy atom. The van der Waals surface area contributed by atoms with E-state index in [-0.39, 0.29) is 5.92 Å². The fourth-order valence-electron chi connectivity index (χ4n) is 2.43. The third kappa shape index (κ3) is 2.64. The molecule has 0 amide bonds. The molecule has 106 valence electrons. The summed E-state index contributed by atoms with van der Waals surface area (Å²) in [5.41, 5.74) is 0.749. The van der Waals surface area contributed by atoms with Crippen molar-refractivity contribution in [3.05, 3.63) is 29.1 Å². The van der Waals surface area contributed by atoms with E-state index in [0.29, 0.717) is 22.5 Å². The van der Waals surface area contributed by atoms with Crippen molar-refractivity contribution in [2.24, 2.45) is 0 Å². The zero-order chi connectivity index (χ0) is 13.9. The van der Waals surface area contributed by atoms with E-state index in [9.17, 15) is 0 Å². The summed E-state index contributed by atoms with van der Waals surface area (Å²) in [7, 11) is 1.61. The molecular weight excluding hydrogens is 278 g/mol. The maximum atomic E-state index is 6.03.